The number of nitro groups is 1. The van der Waals surface area contributed by atoms with E-state index in [0.717, 1.165) is 11.3 Å². The molecular formula is C26H28N4O4. The number of amides is 1. The first kappa shape index (κ1) is 23.1. The van der Waals surface area contributed by atoms with E-state index in [1.807, 2.05) is 48.2 Å². The smallest absolute Gasteiger partial charge is 0.292 e. The molecule has 3 aromatic carbocycles. The van der Waals surface area contributed by atoms with Gasteiger partial charge in [0.2, 0.25) is 0 Å². The summed E-state index contributed by atoms with van der Waals surface area (Å²) in [6, 6.07) is 22.0. The fourth-order valence-electron chi connectivity index (χ4n) is 4.14. The molecule has 34 heavy (non-hydrogen) atoms. The first-order chi connectivity index (χ1) is 16.5. The molecule has 4 rings (SSSR count). The molecule has 1 aliphatic rings. The summed E-state index contributed by atoms with van der Waals surface area (Å²) in [6.07, 6.45) is 0. The number of carbonyl (C=O) groups is 1. The topological polar surface area (TPSA) is 88.0 Å². The van der Waals surface area contributed by atoms with Crippen LogP contribution in [-0.4, -0.2) is 49.0 Å². The number of hydrogen-bond acceptors (Lipinski definition) is 6. The number of anilines is 2. The van der Waals surface area contributed by atoms with Crippen molar-refractivity contribution >= 4 is 23.0 Å². The van der Waals surface area contributed by atoms with Crippen molar-refractivity contribution < 1.29 is 14.5 Å². The second-order valence-electron chi connectivity index (χ2n) is 8.24. The van der Waals surface area contributed by atoms with Crippen molar-refractivity contribution in [2.45, 2.75) is 13.0 Å². The van der Waals surface area contributed by atoms with E-state index in [2.05, 4.69) is 10.2 Å². The third-order valence-electron chi connectivity index (χ3n) is 6.12. The Morgan fingerprint density at radius 1 is 1.00 bits per heavy atom. The predicted molar refractivity (Wildman–Crippen MR) is 133 cm³/mol. The van der Waals surface area contributed by atoms with Crippen LogP contribution in [0.5, 0.6) is 5.75 Å². The van der Waals surface area contributed by atoms with E-state index < -0.39 is 0 Å². The van der Waals surface area contributed by atoms with Gasteiger partial charge < -0.3 is 19.9 Å². The van der Waals surface area contributed by atoms with Gasteiger partial charge in [-0.1, -0.05) is 30.3 Å². The summed E-state index contributed by atoms with van der Waals surface area (Å²) in [6.45, 7) is 4.42. The van der Waals surface area contributed by atoms with Crippen molar-refractivity contribution in [3.63, 3.8) is 0 Å². The fourth-order valence-corrected chi connectivity index (χ4v) is 4.14. The van der Waals surface area contributed by atoms with Crippen LogP contribution in [0.25, 0.3) is 0 Å². The summed E-state index contributed by atoms with van der Waals surface area (Å²) < 4.78 is 5.16. The Morgan fingerprint density at radius 3 is 2.29 bits per heavy atom. The van der Waals surface area contributed by atoms with E-state index in [0.29, 0.717) is 43.2 Å². The van der Waals surface area contributed by atoms with Gasteiger partial charge in [0.15, 0.2) is 0 Å². The van der Waals surface area contributed by atoms with Crippen LogP contribution >= 0.6 is 0 Å². The molecule has 1 aliphatic heterocycles. The molecule has 0 spiro atoms. The molecular weight excluding hydrogens is 432 g/mol. The van der Waals surface area contributed by atoms with Crippen LogP contribution in [0.1, 0.15) is 28.9 Å². The zero-order valence-electron chi connectivity index (χ0n) is 19.3. The van der Waals surface area contributed by atoms with E-state index in [1.165, 1.54) is 0 Å². The number of piperazine rings is 1. The average molecular weight is 461 g/mol. The monoisotopic (exact) mass is 460 g/mol. The van der Waals surface area contributed by atoms with Gasteiger partial charge in [0.05, 0.1) is 12.0 Å². The summed E-state index contributed by atoms with van der Waals surface area (Å²) in [5.41, 5.74) is 3.10. The molecule has 1 N–H and O–H groups in total. The summed E-state index contributed by atoms with van der Waals surface area (Å²) in [5, 5.41) is 14.9. The zero-order chi connectivity index (χ0) is 24.1. The Morgan fingerprint density at radius 2 is 1.68 bits per heavy atom. The lowest BCUT2D eigenvalue weighted by Gasteiger charge is -2.36. The van der Waals surface area contributed by atoms with E-state index >= 15 is 0 Å². The van der Waals surface area contributed by atoms with Crippen molar-refractivity contribution in [1.82, 2.24) is 4.90 Å². The minimum Gasteiger partial charge on any atom is -0.497 e. The van der Waals surface area contributed by atoms with E-state index in [-0.39, 0.29) is 22.6 Å². The molecule has 1 fully saturated rings. The molecule has 1 atom stereocenters. The molecule has 176 valence electrons. The van der Waals surface area contributed by atoms with Crippen LogP contribution in [0.15, 0.2) is 72.8 Å². The first-order valence-corrected chi connectivity index (χ1v) is 11.2. The molecule has 0 radical (unpaired) electrons. The van der Waals surface area contributed by atoms with Gasteiger partial charge >= 0.3 is 0 Å². The maximum atomic E-state index is 12.9. The van der Waals surface area contributed by atoms with Crippen LogP contribution in [0.2, 0.25) is 0 Å². The second kappa shape index (κ2) is 10.2. The molecule has 8 nitrogen and oxygen atoms in total. The normalized spacial score (nSPS) is 14.4. The molecule has 1 amide bonds. The molecule has 0 aliphatic carbocycles. The zero-order valence-corrected chi connectivity index (χ0v) is 19.3. The van der Waals surface area contributed by atoms with Crippen molar-refractivity contribution in [1.29, 1.82) is 0 Å². The van der Waals surface area contributed by atoms with Crippen LogP contribution in [-0.2, 0) is 0 Å². The summed E-state index contributed by atoms with van der Waals surface area (Å²) in [7, 11) is 1.59. The van der Waals surface area contributed by atoms with Gasteiger partial charge in [0, 0.05) is 49.5 Å². The predicted octanol–water partition coefficient (Wildman–Crippen LogP) is 4.74. The lowest BCUT2D eigenvalue weighted by Crippen LogP contribution is -2.48. The first-order valence-electron chi connectivity index (χ1n) is 11.2. The van der Waals surface area contributed by atoms with Crippen LogP contribution < -0.4 is 15.0 Å². The fraction of sp³-hybridized carbons (Fsp3) is 0.269. The number of ether oxygens (including phenoxy) is 1. The Bertz CT molecular complexity index is 1140. The number of nitrogens with zero attached hydrogens (tertiary/aromatic N) is 3. The molecule has 0 unspecified atom stereocenters. The highest BCUT2D eigenvalue weighted by atomic mass is 16.6. The van der Waals surface area contributed by atoms with E-state index in [9.17, 15) is 14.9 Å². The molecule has 1 heterocycles. The summed E-state index contributed by atoms with van der Waals surface area (Å²) in [4.78, 5) is 28.1. The molecule has 3 aromatic rings. The molecule has 0 bridgehead atoms. The lowest BCUT2D eigenvalue weighted by molar-refractivity contribution is -0.384. The lowest BCUT2D eigenvalue weighted by atomic mass is 10.1. The Labute approximate surface area is 198 Å². The van der Waals surface area contributed by atoms with Gasteiger partial charge in [-0.2, -0.15) is 0 Å². The number of hydrogen-bond donors (Lipinski definition) is 1. The highest BCUT2D eigenvalue weighted by Crippen LogP contribution is 2.33. The van der Waals surface area contributed by atoms with Gasteiger partial charge in [-0.3, -0.25) is 14.9 Å². The number of nitro benzene ring substituents is 1. The van der Waals surface area contributed by atoms with Crippen molar-refractivity contribution in [2.24, 2.45) is 0 Å². The molecule has 0 saturated carbocycles. The maximum Gasteiger partial charge on any atom is 0.292 e. The molecule has 8 heteroatoms. The van der Waals surface area contributed by atoms with Crippen molar-refractivity contribution in [2.75, 3.05) is 43.5 Å². The second-order valence-corrected chi connectivity index (χ2v) is 8.24. The number of methoxy groups -OCH3 is 1. The van der Waals surface area contributed by atoms with Crippen LogP contribution in [0.4, 0.5) is 17.1 Å². The minimum absolute atomic E-state index is 0.00922. The third kappa shape index (κ3) is 5.11. The third-order valence-corrected chi connectivity index (χ3v) is 6.12. The highest BCUT2D eigenvalue weighted by molar-refractivity contribution is 5.94. The largest absolute Gasteiger partial charge is 0.497 e. The number of rotatable bonds is 7. The highest BCUT2D eigenvalue weighted by Gasteiger charge is 2.24. The number of carbonyl (C=O) groups excluding carboxylic acids is 1. The average Bonchev–Trinajstić information content (AvgIpc) is 2.88. The van der Waals surface area contributed by atoms with Crippen molar-refractivity contribution in [3.8, 4) is 5.75 Å². The van der Waals surface area contributed by atoms with Crippen LogP contribution in [0.3, 0.4) is 0 Å². The van der Waals surface area contributed by atoms with Gasteiger partial charge in [-0.25, -0.2) is 0 Å². The minimum atomic E-state index is -0.366. The quantitative estimate of drug-likeness (QED) is 0.405. The molecule has 1 saturated heterocycles. The van der Waals surface area contributed by atoms with Gasteiger partial charge in [0.1, 0.15) is 11.4 Å². The SMILES string of the molecule is COc1ccc(C(=O)N2CCN(c3ccc([N+](=O)[O-])c(N[C@@H](C)c4ccccc4)c3)CC2)cc1. The Kier molecular flexibility index (Phi) is 6.96. The summed E-state index contributed by atoms with van der Waals surface area (Å²) in [5.74, 6) is 0.704. The Hall–Kier alpha value is -4.07. The van der Waals surface area contributed by atoms with Gasteiger partial charge in [0.25, 0.3) is 11.6 Å². The van der Waals surface area contributed by atoms with E-state index in [1.54, 1.807) is 43.5 Å². The van der Waals surface area contributed by atoms with E-state index in [4.69, 9.17) is 4.74 Å². The molecule has 0 aromatic heterocycles. The maximum absolute atomic E-state index is 12.9. The van der Waals surface area contributed by atoms with Gasteiger partial charge in [-0.05, 0) is 48.9 Å². The van der Waals surface area contributed by atoms with Gasteiger partial charge in [-0.15, -0.1) is 0 Å². The van der Waals surface area contributed by atoms with Crippen LogP contribution in [0, 0.1) is 10.1 Å². The van der Waals surface area contributed by atoms with Crippen molar-refractivity contribution in [3.05, 3.63) is 94.0 Å². The summed E-state index contributed by atoms with van der Waals surface area (Å²) >= 11 is 0. The Balaban J connectivity index is 1.45. The number of benzene rings is 3. The number of nitrogens with one attached hydrogen (secondary N) is 1. The standard InChI is InChI=1S/C26H28N4O4/c1-19(20-6-4-3-5-7-20)27-24-18-22(10-13-25(24)30(32)33)28-14-16-29(17-15-28)26(31)21-8-11-23(34-2)12-9-21/h3-13,18-19,27H,14-17H2,1-2H3/t19-/m0/s1.